The Morgan fingerprint density at radius 1 is 0.742 bits per heavy atom. The third kappa shape index (κ3) is 5.02. The van der Waals surface area contributed by atoms with Gasteiger partial charge in [-0.05, 0) is 16.7 Å². The molecular weight excluding hydrogens is 382 g/mol. The van der Waals surface area contributed by atoms with Gasteiger partial charge in [-0.3, -0.25) is 9.69 Å². The van der Waals surface area contributed by atoms with Crippen molar-refractivity contribution in [2.75, 3.05) is 26.2 Å². The van der Waals surface area contributed by atoms with Gasteiger partial charge >= 0.3 is 0 Å². The fourth-order valence-electron chi connectivity index (χ4n) is 4.33. The van der Waals surface area contributed by atoms with Gasteiger partial charge in [0.05, 0.1) is 6.07 Å². The van der Waals surface area contributed by atoms with Gasteiger partial charge in [-0.1, -0.05) is 91.0 Å². The Kier molecular flexibility index (Phi) is 6.76. The summed E-state index contributed by atoms with van der Waals surface area (Å²) in [5.74, 6) is 0.217. The summed E-state index contributed by atoms with van der Waals surface area (Å²) in [4.78, 5) is 17.3. The van der Waals surface area contributed by atoms with Crippen LogP contribution in [0.4, 0.5) is 0 Å². The lowest BCUT2D eigenvalue weighted by Crippen LogP contribution is -2.49. The van der Waals surface area contributed by atoms with Crippen molar-refractivity contribution in [1.82, 2.24) is 9.80 Å². The highest BCUT2D eigenvalue weighted by Crippen LogP contribution is 2.29. The molecule has 3 aromatic rings. The van der Waals surface area contributed by atoms with E-state index in [0.29, 0.717) is 32.6 Å². The number of benzene rings is 3. The van der Waals surface area contributed by atoms with Gasteiger partial charge in [0, 0.05) is 38.5 Å². The van der Waals surface area contributed by atoms with Crippen LogP contribution in [0.25, 0.3) is 0 Å². The molecule has 156 valence electrons. The van der Waals surface area contributed by atoms with E-state index in [1.165, 1.54) is 0 Å². The third-order valence-corrected chi connectivity index (χ3v) is 6.05. The summed E-state index contributed by atoms with van der Waals surface area (Å²) in [5, 5.41) is 9.71. The molecule has 31 heavy (non-hydrogen) atoms. The van der Waals surface area contributed by atoms with E-state index < -0.39 is 0 Å². The molecular formula is C27H27N3O. The molecule has 0 saturated carbocycles. The summed E-state index contributed by atoms with van der Waals surface area (Å²) in [5.41, 5.74) is 3.33. The summed E-state index contributed by atoms with van der Waals surface area (Å²) >= 11 is 0. The monoisotopic (exact) mass is 409 g/mol. The molecule has 4 nitrogen and oxygen atoms in total. The second-order valence-electron chi connectivity index (χ2n) is 7.94. The van der Waals surface area contributed by atoms with Crippen molar-refractivity contribution < 1.29 is 4.79 Å². The van der Waals surface area contributed by atoms with E-state index in [4.69, 9.17) is 0 Å². The second-order valence-corrected chi connectivity index (χ2v) is 7.94. The van der Waals surface area contributed by atoms with E-state index in [1.54, 1.807) is 0 Å². The van der Waals surface area contributed by atoms with Gasteiger partial charge in [-0.15, -0.1) is 0 Å². The molecule has 0 N–H and O–H groups in total. The van der Waals surface area contributed by atoms with Crippen LogP contribution < -0.4 is 0 Å². The van der Waals surface area contributed by atoms with E-state index in [1.807, 2.05) is 71.6 Å². The fourth-order valence-corrected chi connectivity index (χ4v) is 4.33. The molecule has 1 amide bonds. The van der Waals surface area contributed by atoms with Crippen molar-refractivity contribution >= 4 is 5.91 Å². The molecule has 1 aliphatic rings. The van der Waals surface area contributed by atoms with Crippen LogP contribution in [0.2, 0.25) is 0 Å². The SMILES string of the molecule is N#CC(c1ccccc1)N1CCN(C(=O)CC(c2ccccc2)c2ccccc2)CC1. The van der Waals surface area contributed by atoms with Crippen LogP contribution in [0.5, 0.6) is 0 Å². The lowest BCUT2D eigenvalue weighted by atomic mass is 9.88. The zero-order valence-corrected chi connectivity index (χ0v) is 17.6. The summed E-state index contributed by atoms with van der Waals surface area (Å²) in [6, 6.07) is 32.6. The quantitative estimate of drug-likeness (QED) is 0.597. The first-order valence-electron chi connectivity index (χ1n) is 10.8. The van der Waals surface area contributed by atoms with Crippen molar-refractivity contribution in [3.8, 4) is 6.07 Å². The summed E-state index contributed by atoms with van der Waals surface area (Å²) in [7, 11) is 0. The average Bonchev–Trinajstić information content (AvgIpc) is 2.85. The number of nitriles is 1. The predicted molar refractivity (Wildman–Crippen MR) is 122 cm³/mol. The molecule has 4 rings (SSSR count). The molecule has 0 aliphatic carbocycles. The Morgan fingerprint density at radius 2 is 1.19 bits per heavy atom. The first kappa shape index (κ1) is 20.8. The van der Waals surface area contributed by atoms with E-state index in [9.17, 15) is 10.1 Å². The minimum Gasteiger partial charge on any atom is -0.340 e. The Morgan fingerprint density at radius 3 is 1.65 bits per heavy atom. The maximum atomic E-state index is 13.2. The number of carbonyl (C=O) groups is 1. The molecule has 0 aromatic heterocycles. The van der Waals surface area contributed by atoms with Gasteiger partial charge in [-0.2, -0.15) is 5.26 Å². The summed E-state index contributed by atoms with van der Waals surface area (Å²) in [6.07, 6.45) is 0.453. The van der Waals surface area contributed by atoms with Crippen LogP contribution in [-0.2, 0) is 4.79 Å². The van der Waals surface area contributed by atoms with Crippen LogP contribution in [0.1, 0.15) is 35.1 Å². The average molecular weight is 410 g/mol. The topological polar surface area (TPSA) is 47.3 Å². The Bertz CT molecular complexity index is 967. The molecule has 1 atom stereocenters. The molecule has 1 saturated heterocycles. The van der Waals surface area contributed by atoms with Gasteiger partial charge in [0.15, 0.2) is 0 Å². The van der Waals surface area contributed by atoms with E-state index in [0.717, 1.165) is 16.7 Å². The van der Waals surface area contributed by atoms with E-state index >= 15 is 0 Å². The molecule has 1 unspecified atom stereocenters. The van der Waals surface area contributed by atoms with Gasteiger partial charge in [-0.25, -0.2) is 0 Å². The number of hydrogen-bond donors (Lipinski definition) is 0. The molecule has 1 aliphatic heterocycles. The zero-order valence-electron chi connectivity index (χ0n) is 17.6. The van der Waals surface area contributed by atoms with Crippen LogP contribution in [0.15, 0.2) is 91.0 Å². The van der Waals surface area contributed by atoms with Crippen LogP contribution in [-0.4, -0.2) is 41.9 Å². The lowest BCUT2D eigenvalue weighted by Gasteiger charge is -2.37. The predicted octanol–water partition coefficient (Wildman–Crippen LogP) is 4.62. The largest absolute Gasteiger partial charge is 0.340 e. The van der Waals surface area contributed by atoms with Crippen molar-refractivity contribution in [3.05, 3.63) is 108 Å². The Hall–Kier alpha value is -3.42. The number of carbonyl (C=O) groups excluding carboxylic acids is 1. The van der Waals surface area contributed by atoms with E-state index in [2.05, 4.69) is 35.2 Å². The van der Waals surface area contributed by atoms with Gasteiger partial charge in [0.25, 0.3) is 0 Å². The maximum Gasteiger partial charge on any atom is 0.223 e. The highest BCUT2D eigenvalue weighted by molar-refractivity contribution is 5.78. The first-order valence-corrected chi connectivity index (χ1v) is 10.8. The van der Waals surface area contributed by atoms with Crippen molar-refractivity contribution in [2.45, 2.75) is 18.4 Å². The molecule has 4 heteroatoms. The van der Waals surface area contributed by atoms with Gasteiger partial charge < -0.3 is 4.90 Å². The smallest absolute Gasteiger partial charge is 0.223 e. The maximum absolute atomic E-state index is 13.2. The van der Waals surface area contributed by atoms with Crippen LogP contribution in [0.3, 0.4) is 0 Å². The van der Waals surface area contributed by atoms with E-state index in [-0.39, 0.29) is 17.9 Å². The minimum absolute atomic E-state index is 0.0455. The first-order chi connectivity index (χ1) is 15.3. The number of amides is 1. The third-order valence-electron chi connectivity index (χ3n) is 6.05. The number of hydrogen-bond acceptors (Lipinski definition) is 3. The Labute approximate surface area is 184 Å². The van der Waals surface area contributed by atoms with Gasteiger partial charge in [0.2, 0.25) is 5.91 Å². The number of rotatable bonds is 6. The lowest BCUT2D eigenvalue weighted by molar-refractivity contribution is -0.133. The standard InChI is InChI=1S/C27H27N3O/c28-21-26(24-14-8-3-9-15-24)29-16-18-30(19-17-29)27(31)20-25(22-10-4-1-5-11-22)23-12-6-2-7-13-23/h1-15,25-26H,16-20H2. The minimum atomic E-state index is -0.264. The highest BCUT2D eigenvalue weighted by atomic mass is 16.2. The zero-order chi connectivity index (χ0) is 21.5. The highest BCUT2D eigenvalue weighted by Gasteiger charge is 2.28. The van der Waals surface area contributed by atoms with Crippen LogP contribution in [0, 0.1) is 11.3 Å². The molecule has 1 fully saturated rings. The molecule has 3 aromatic carbocycles. The summed E-state index contributed by atoms with van der Waals surface area (Å²) in [6.45, 7) is 2.72. The second kappa shape index (κ2) is 10.1. The van der Waals surface area contributed by atoms with Crippen molar-refractivity contribution in [1.29, 1.82) is 5.26 Å². The normalized spacial score (nSPS) is 15.4. The molecule has 0 bridgehead atoms. The Balaban J connectivity index is 1.42. The summed E-state index contributed by atoms with van der Waals surface area (Å²) < 4.78 is 0. The van der Waals surface area contributed by atoms with Crippen molar-refractivity contribution in [2.24, 2.45) is 0 Å². The van der Waals surface area contributed by atoms with Gasteiger partial charge in [0.1, 0.15) is 6.04 Å². The van der Waals surface area contributed by atoms with Crippen molar-refractivity contribution in [3.63, 3.8) is 0 Å². The molecule has 0 spiro atoms. The molecule has 1 heterocycles. The molecule has 0 radical (unpaired) electrons. The number of nitrogens with zero attached hydrogens (tertiary/aromatic N) is 3. The number of piperazine rings is 1. The fraction of sp³-hybridized carbons (Fsp3) is 0.259. The van der Waals surface area contributed by atoms with Crippen LogP contribution >= 0.6 is 0 Å².